The number of hydrogen-bond donors (Lipinski definition) is 0. The van der Waals surface area contributed by atoms with E-state index in [1.54, 1.807) is 7.11 Å². The minimum atomic E-state index is -0.516. The fourth-order valence-corrected chi connectivity index (χ4v) is 3.04. The van der Waals surface area contributed by atoms with Crippen LogP contribution in [-0.4, -0.2) is 12.9 Å². The van der Waals surface area contributed by atoms with Crippen LogP contribution in [0.4, 0.5) is 0 Å². The number of benzene rings is 1. The van der Waals surface area contributed by atoms with Crippen molar-refractivity contribution in [2.45, 2.75) is 45.4 Å². The van der Waals surface area contributed by atoms with Crippen molar-refractivity contribution in [3.63, 3.8) is 0 Å². The highest BCUT2D eigenvalue weighted by Gasteiger charge is 2.39. The zero-order valence-corrected chi connectivity index (χ0v) is 13.4. The van der Waals surface area contributed by atoms with Crippen molar-refractivity contribution in [2.24, 2.45) is 0 Å². The molecule has 1 aromatic rings. The normalized spacial score (nSPS) is 21.8. The Morgan fingerprint density at radius 1 is 1.05 bits per heavy atom. The molecule has 0 bridgehead atoms. The Morgan fingerprint density at radius 3 is 2.19 bits per heavy atom. The van der Waals surface area contributed by atoms with Crippen LogP contribution >= 0.6 is 0 Å². The van der Waals surface area contributed by atoms with Gasteiger partial charge in [0.05, 0.1) is 12.5 Å². The van der Waals surface area contributed by atoms with Gasteiger partial charge in [-0.1, -0.05) is 50.6 Å². The minimum Gasteiger partial charge on any atom is -0.497 e. The highest BCUT2D eigenvalue weighted by Crippen LogP contribution is 2.39. The lowest BCUT2D eigenvalue weighted by molar-refractivity contribution is -0.119. The Labute approximate surface area is 127 Å². The van der Waals surface area contributed by atoms with E-state index in [9.17, 15) is 4.79 Å². The summed E-state index contributed by atoms with van der Waals surface area (Å²) in [6, 6.07) is 7.90. The van der Waals surface area contributed by atoms with E-state index in [4.69, 9.17) is 4.74 Å². The number of carbonyl (C=O) groups excluding carboxylic acids is 1. The van der Waals surface area contributed by atoms with Gasteiger partial charge in [0.15, 0.2) is 5.78 Å². The third kappa shape index (κ3) is 2.67. The first-order valence-electron chi connectivity index (χ1n) is 7.72. The van der Waals surface area contributed by atoms with E-state index in [2.05, 4.69) is 32.9 Å². The number of Topliss-reactive ketones (excluding diaryl/α,β-unsaturated/α-hetero) is 1. The van der Waals surface area contributed by atoms with Crippen molar-refractivity contribution < 1.29 is 9.53 Å². The summed E-state index contributed by atoms with van der Waals surface area (Å²) in [5.74, 6) is 1.06. The molecule has 1 aromatic carbocycles. The van der Waals surface area contributed by atoms with E-state index < -0.39 is 5.41 Å². The Hall–Kier alpha value is -1.83. The monoisotopic (exact) mass is 284 g/mol. The lowest BCUT2D eigenvalue weighted by Gasteiger charge is -2.33. The lowest BCUT2D eigenvalue weighted by Crippen LogP contribution is -2.36. The Bertz CT molecular complexity index is 578. The number of methoxy groups -OCH3 is 1. The van der Waals surface area contributed by atoms with Gasteiger partial charge in [-0.2, -0.15) is 0 Å². The van der Waals surface area contributed by atoms with Gasteiger partial charge in [-0.15, -0.1) is 0 Å². The van der Waals surface area contributed by atoms with Crippen molar-refractivity contribution in [3.05, 3.63) is 53.1 Å². The predicted octanol–water partition coefficient (Wildman–Crippen LogP) is 4.60. The van der Waals surface area contributed by atoms with Crippen LogP contribution in [0.2, 0.25) is 0 Å². The number of hydrogen-bond acceptors (Lipinski definition) is 2. The van der Waals surface area contributed by atoms with Crippen molar-refractivity contribution in [3.8, 4) is 5.75 Å². The maximum Gasteiger partial charge on any atom is 0.173 e. The van der Waals surface area contributed by atoms with Crippen molar-refractivity contribution >= 4 is 5.78 Å². The molecule has 0 aromatic heterocycles. The summed E-state index contributed by atoms with van der Waals surface area (Å²) >= 11 is 0. The van der Waals surface area contributed by atoms with Crippen LogP contribution < -0.4 is 4.74 Å². The van der Waals surface area contributed by atoms with Gasteiger partial charge in [0.25, 0.3) is 0 Å². The van der Waals surface area contributed by atoms with Crippen LogP contribution in [0, 0.1) is 0 Å². The first-order valence-corrected chi connectivity index (χ1v) is 7.72. The van der Waals surface area contributed by atoms with Crippen LogP contribution in [0.15, 0.2) is 47.6 Å². The molecule has 0 spiro atoms. The second-order valence-corrected chi connectivity index (χ2v) is 5.48. The van der Waals surface area contributed by atoms with E-state index >= 15 is 0 Å². The van der Waals surface area contributed by atoms with Gasteiger partial charge >= 0.3 is 0 Å². The van der Waals surface area contributed by atoms with Crippen LogP contribution in [0.25, 0.3) is 0 Å². The van der Waals surface area contributed by atoms with Gasteiger partial charge in [-0.05, 0) is 42.5 Å². The largest absolute Gasteiger partial charge is 0.497 e. The van der Waals surface area contributed by atoms with Gasteiger partial charge < -0.3 is 4.74 Å². The molecule has 0 aliphatic heterocycles. The first kappa shape index (κ1) is 15.6. The third-order valence-corrected chi connectivity index (χ3v) is 4.44. The summed E-state index contributed by atoms with van der Waals surface area (Å²) in [5.41, 5.74) is 2.73. The summed E-state index contributed by atoms with van der Waals surface area (Å²) in [4.78, 5) is 13.0. The van der Waals surface area contributed by atoms with Crippen LogP contribution in [0.1, 0.15) is 45.6 Å². The molecular formula is C19H24O2. The number of carbonyl (C=O) groups is 1. The van der Waals surface area contributed by atoms with Gasteiger partial charge in [-0.3, -0.25) is 4.79 Å². The Morgan fingerprint density at radius 2 is 1.71 bits per heavy atom. The molecule has 0 fully saturated rings. The molecule has 0 radical (unpaired) electrons. The third-order valence-electron chi connectivity index (χ3n) is 4.44. The second kappa shape index (κ2) is 6.30. The molecule has 1 aliphatic carbocycles. The summed E-state index contributed by atoms with van der Waals surface area (Å²) in [5, 5.41) is 0. The van der Waals surface area contributed by atoms with Crippen molar-refractivity contribution in [1.29, 1.82) is 0 Å². The fourth-order valence-electron chi connectivity index (χ4n) is 3.04. The van der Waals surface area contributed by atoms with E-state index in [-0.39, 0.29) is 5.78 Å². The first-order chi connectivity index (χ1) is 10.1. The molecule has 21 heavy (non-hydrogen) atoms. The van der Waals surface area contributed by atoms with Crippen molar-refractivity contribution in [2.75, 3.05) is 7.11 Å². The van der Waals surface area contributed by atoms with Gasteiger partial charge in [-0.25, -0.2) is 0 Å². The molecule has 2 heteroatoms. The smallest absolute Gasteiger partial charge is 0.173 e. The molecule has 2 nitrogen and oxygen atoms in total. The van der Waals surface area contributed by atoms with E-state index in [1.165, 1.54) is 5.57 Å². The highest BCUT2D eigenvalue weighted by atomic mass is 16.5. The average molecular weight is 284 g/mol. The zero-order valence-electron chi connectivity index (χ0n) is 13.4. The lowest BCUT2D eigenvalue weighted by atomic mass is 9.68. The fraction of sp³-hybridized carbons (Fsp3) is 0.421. The zero-order chi connectivity index (χ0) is 15.5. The molecular weight excluding hydrogens is 260 g/mol. The van der Waals surface area contributed by atoms with Crippen molar-refractivity contribution in [1.82, 2.24) is 0 Å². The quantitative estimate of drug-likeness (QED) is 0.790. The molecule has 2 rings (SSSR count). The second-order valence-electron chi connectivity index (χ2n) is 5.48. The number of ketones is 1. The van der Waals surface area contributed by atoms with Gasteiger partial charge in [0.1, 0.15) is 5.75 Å². The predicted molar refractivity (Wildman–Crippen MR) is 86.7 cm³/mol. The number of allylic oxidation sites excluding steroid dienone is 4. The number of ether oxygens (including phenoxy) is 1. The maximum absolute atomic E-state index is 13.0. The van der Waals surface area contributed by atoms with Gasteiger partial charge in [0.2, 0.25) is 0 Å². The molecule has 0 saturated heterocycles. The molecule has 0 amide bonds. The summed E-state index contributed by atoms with van der Waals surface area (Å²) in [6.07, 6.45) is 6.75. The summed E-state index contributed by atoms with van der Waals surface area (Å²) in [7, 11) is 1.66. The van der Waals surface area contributed by atoms with Crippen LogP contribution in [0.5, 0.6) is 5.75 Å². The summed E-state index contributed by atoms with van der Waals surface area (Å²) < 4.78 is 5.22. The molecule has 0 N–H and O–H groups in total. The molecule has 112 valence electrons. The van der Waals surface area contributed by atoms with E-state index in [0.717, 1.165) is 36.1 Å². The molecule has 1 aliphatic rings. The van der Waals surface area contributed by atoms with E-state index in [0.29, 0.717) is 0 Å². The van der Waals surface area contributed by atoms with E-state index in [1.807, 2.05) is 24.3 Å². The van der Waals surface area contributed by atoms with Gasteiger partial charge in [0, 0.05) is 0 Å². The Kier molecular flexibility index (Phi) is 4.66. The molecule has 0 saturated carbocycles. The van der Waals surface area contributed by atoms with Crippen LogP contribution in [0.3, 0.4) is 0 Å². The standard InChI is InChI=1S/C19H24O2/c1-5-14-12-15(6-2)18(20)19(7-3,13-14)16-8-10-17(21-4)11-9-16/h8-13H,5-7H2,1-4H3. The average Bonchev–Trinajstić information content (AvgIpc) is 2.55. The molecule has 0 heterocycles. The Balaban J connectivity index is 2.55. The van der Waals surface area contributed by atoms with Crippen LogP contribution in [-0.2, 0) is 10.2 Å². The SMILES string of the molecule is CCC1=CC(CC)(c2ccc(OC)cc2)C(=O)C(CC)=C1. The molecule has 1 unspecified atom stereocenters. The highest BCUT2D eigenvalue weighted by molar-refractivity contribution is 6.06. The topological polar surface area (TPSA) is 26.3 Å². The minimum absolute atomic E-state index is 0.245. The molecule has 1 atom stereocenters. The summed E-state index contributed by atoms with van der Waals surface area (Å²) in [6.45, 7) is 6.28. The number of rotatable bonds is 5. The maximum atomic E-state index is 13.0.